The summed E-state index contributed by atoms with van der Waals surface area (Å²) in [5.41, 5.74) is -1.18. The summed E-state index contributed by atoms with van der Waals surface area (Å²) in [5, 5.41) is 20.9. The summed E-state index contributed by atoms with van der Waals surface area (Å²) in [6.45, 7) is 2.02. The Bertz CT molecular complexity index is 308. The van der Waals surface area contributed by atoms with Crippen molar-refractivity contribution in [3.8, 4) is 0 Å². The van der Waals surface area contributed by atoms with Crippen LogP contribution >= 0.6 is 11.3 Å². The van der Waals surface area contributed by atoms with E-state index < -0.39 is 11.6 Å². The molecule has 4 heteroatoms. The second-order valence-corrected chi connectivity index (χ2v) is 4.63. The van der Waals surface area contributed by atoms with Crippen molar-refractivity contribution in [2.45, 2.75) is 38.2 Å². The first-order valence-electron chi connectivity index (χ1n) is 5.06. The quantitative estimate of drug-likeness (QED) is 0.786. The van der Waals surface area contributed by atoms with Crippen LogP contribution in [0.4, 0.5) is 0 Å². The molecule has 0 aliphatic rings. The van der Waals surface area contributed by atoms with Crippen LogP contribution in [-0.4, -0.2) is 16.2 Å². The van der Waals surface area contributed by atoms with E-state index >= 15 is 0 Å². The maximum Gasteiger partial charge on any atom is 0.306 e. The summed E-state index contributed by atoms with van der Waals surface area (Å²) in [6.07, 6.45) is 2.08. The predicted octanol–water partition coefficient (Wildman–Crippen LogP) is 2.60. The normalized spacial score (nSPS) is 14.8. The number of aliphatic carboxylic acids is 1. The molecule has 0 saturated carbocycles. The molecule has 0 fully saturated rings. The smallest absolute Gasteiger partial charge is 0.306 e. The number of carbonyl (C=O) groups is 1. The first-order valence-corrected chi connectivity index (χ1v) is 5.94. The van der Waals surface area contributed by atoms with Crippen molar-refractivity contribution in [2.24, 2.45) is 0 Å². The van der Waals surface area contributed by atoms with Gasteiger partial charge in [0.1, 0.15) is 5.60 Å². The molecule has 0 bridgehead atoms. The Balaban J connectivity index is 2.80. The third-order valence-corrected chi connectivity index (χ3v) is 3.43. The van der Waals surface area contributed by atoms with Crippen molar-refractivity contribution in [3.63, 3.8) is 0 Å². The summed E-state index contributed by atoms with van der Waals surface area (Å²) < 4.78 is 0. The van der Waals surface area contributed by atoms with Crippen molar-refractivity contribution in [3.05, 3.63) is 22.4 Å². The van der Waals surface area contributed by atoms with Crippen molar-refractivity contribution < 1.29 is 15.0 Å². The van der Waals surface area contributed by atoms with E-state index in [1.807, 2.05) is 18.4 Å². The molecule has 0 aromatic carbocycles. The summed E-state index contributed by atoms with van der Waals surface area (Å²) in [5.74, 6) is -0.956. The number of hydrogen-bond donors (Lipinski definition) is 2. The first kappa shape index (κ1) is 12.2. The van der Waals surface area contributed by atoms with E-state index in [0.29, 0.717) is 6.42 Å². The molecule has 84 valence electrons. The van der Waals surface area contributed by atoms with Crippen LogP contribution in [0.3, 0.4) is 0 Å². The lowest BCUT2D eigenvalue weighted by Crippen LogP contribution is -2.28. The highest BCUT2D eigenvalue weighted by Crippen LogP contribution is 2.33. The van der Waals surface area contributed by atoms with Crippen LogP contribution in [-0.2, 0) is 10.4 Å². The van der Waals surface area contributed by atoms with E-state index in [2.05, 4.69) is 0 Å². The molecule has 1 aromatic rings. The molecule has 0 saturated heterocycles. The molecular weight excluding hydrogens is 212 g/mol. The van der Waals surface area contributed by atoms with Gasteiger partial charge < -0.3 is 10.2 Å². The summed E-state index contributed by atoms with van der Waals surface area (Å²) in [6, 6.07) is 3.63. The van der Waals surface area contributed by atoms with Crippen molar-refractivity contribution in [1.29, 1.82) is 0 Å². The molecule has 0 radical (unpaired) electrons. The van der Waals surface area contributed by atoms with Crippen LogP contribution in [0.1, 0.15) is 37.5 Å². The number of thiophene rings is 1. The number of aliphatic hydroxyl groups is 1. The fraction of sp³-hybridized carbons (Fsp3) is 0.545. The standard InChI is InChI=1S/C11H16O3S/c1-2-3-6-11(14,8-10(12)13)9-5-4-7-15-9/h4-5,7,14H,2-3,6,8H2,1H3,(H,12,13). The zero-order valence-corrected chi connectivity index (χ0v) is 9.59. The van der Waals surface area contributed by atoms with Gasteiger partial charge in [-0.25, -0.2) is 0 Å². The van der Waals surface area contributed by atoms with Gasteiger partial charge in [-0.05, 0) is 17.9 Å². The molecule has 1 aromatic heterocycles. The van der Waals surface area contributed by atoms with Crippen LogP contribution < -0.4 is 0 Å². The van der Waals surface area contributed by atoms with Gasteiger partial charge in [0, 0.05) is 4.88 Å². The lowest BCUT2D eigenvalue weighted by atomic mass is 9.91. The molecule has 1 unspecified atom stereocenters. The Kier molecular flexibility index (Phi) is 4.29. The molecular formula is C11H16O3S. The molecule has 1 atom stereocenters. The van der Waals surface area contributed by atoms with Gasteiger partial charge in [-0.2, -0.15) is 0 Å². The minimum atomic E-state index is -1.18. The van der Waals surface area contributed by atoms with Crippen LogP contribution in [0.25, 0.3) is 0 Å². The lowest BCUT2D eigenvalue weighted by molar-refractivity contribution is -0.143. The fourth-order valence-electron chi connectivity index (χ4n) is 1.56. The fourth-order valence-corrected chi connectivity index (χ4v) is 2.42. The molecule has 0 spiro atoms. The molecule has 2 N–H and O–H groups in total. The Morgan fingerprint density at radius 2 is 2.33 bits per heavy atom. The first-order chi connectivity index (χ1) is 7.08. The molecule has 1 heterocycles. The average molecular weight is 228 g/mol. The van der Waals surface area contributed by atoms with E-state index in [1.165, 1.54) is 11.3 Å². The van der Waals surface area contributed by atoms with Gasteiger partial charge in [0.05, 0.1) is 6.42 Å². The van der Waals surface area contributed by atoms with Crippen LogP contribution in [0.2, 0.25) is 0 Å². The summed E-state index contributed by atoms with van der Waals surface area (Å²) in [7, 11) is 0. The Morgan fingerprint density at radius 3 is 2.80 bits per heavy atom. The second kappa shape index (κ2) is 5.28. The lowest BCUT2D eigenvalue weighted by Gasteiger charge is -2.25. The van der Waals surface area contributed by atoms with E-state index in [9.17, 15) is 9.90 Å². The van der Waals surface area contributed by atoms with Gasteiger partial charge >= 0.3 is 5.97 Å². The molecule has 15 heavy (non-hydrogen) atoms. The van der Waals surface area contributed by atoms with Crippen LogP contribution in [0.15, 0.2) is 17.5 Å². The van der Waals surface area contributed by atoms with Gasteiger partial charge in [0.2, 0.25) is 0 Å². The average Bonchev–Trinajstić information content (AvgIpc) is 2.66. The highest BCUT2D eigenvalue weighted by atomic mass is 32.1. The topological polar surface area (TPSA) is 57.5 Å². The Morgan fingerprint density at radius 1 is 1.60 bits per heavy atom. The number of unbranched alkanes of at least 4 members (excludes halogenated alkanes) is 1. The molecule has 0 aliphatic heterocycles. The van der Waals surface area contributed by atoms with Crippen LogP contribution in [0, 0.1) is 0 Å². The largest absolute Gasteiger partial charge is 0.481 e. The van der Waals surface area contributed by atoms with Gasteiger partial charge in [-0.15, -0.1) is 11.3 Å². The molecule has 3 nitrogen and oxygen atoms in total. The van der Waals surface area contributed by atoms with Crippen molar-refractivity contribution in [2.75, 3.05) is 0 Å². The highest BCUT2D eigenvalue weighted by molar-refractivity contribution is 7.10. The summed E-state index contributed by atoms with van der Waals surface area (Å²) >= 11 is 1.41. The summed E-state index contributed by atoms with van der Waals surface area (Å²) in [4.78, 5) is 11.5. The minimum absolute atomic E-state index is 0.215. The predicted molar refractivity (Wildman–Crippen MR) is 60.0 cm³/mol. The molecule has 1 rings (SSSR count). The maximum absolute atomic E-state index is 10.7. The molecule has 0 aliphatic carbocycles. The van der Waals surface area contributed by atoms with Gasteiger partial charge in [-0.1, -0.05) is 25.8 Å². The number of hydrogen-bond acceptors (Lipinski definition) is 3. The zero-order valence-electron chi connectivity index (χ0n) is 8.77. The van der Waals surface area contributed by atoms with Gasteiger partial charge in [0.25, 0.3) is 0 Å². The van der Waals surface area contributed by atoms with E-state index in [0.717, 1.165) is 17.7 Å². The Hall–Kier alpha value is -0.870. The third kappa shape index (κ3) is 3.32. The highest BCUT2D eigenvalue weighted by Gasteiger charge is 2.32. The van der Waals surface area contributed by atoms with Gasteiger partial charge in [-0.3, -0.25) is 4.79 Å². The van der Waals surface area contributed by atoms with E-state index in [4.69, 9.17) is 5.11 Å². The third-order valence-electron chi connectivity index (χ3n) is 2.37. The van der Waals surface area contributed by atoms with E-state index in [-0.39, 0.29) is 6.42 Å². The van der Waals surface area contributed by atoms with Crippen molar-refractivity contribution in [1.82, 2.24) is 0 Å². The number of rotatable bonds is 6. The number of carboxylic acid groups (broad SMARTS) is 1. The minimum Gasteiger partial charge on any atom is -0.481 e. The monoisotopic (exact) mass is 228 g/mol. The van der Waals surface area contributed by atoms with Crippen LogP contribution in [0.5, 0.6) is 0 Å². The van der Waals surface area contributed by atoms with Crippen molar-refractivity contribution >= 4 is 17.3 Å². The van der Waals surface area contributed by atoms with E-state index in [1.54, 1.807) is 6.07 Å². The Labute approximate surface area is 93.4 Å². The number of carboxylic acids is 1. The molecule has 0 amide bonds. The second-order valence-electron chi connectivity index (χ2n) is 3.68. The maximum atomic E-state index is 10.7. The van der Waals surface area contributed by atoms with Gasteiger partial charge in [0.15, 0.2) is 0 Å². The zero-order chi connectivity index (χ0) is 11.3. The SMILES string of the molecule is CCCCC(O)(CC(=O)O)c1cccs1.